The van der Waals surface area contributed by atoms with Crippen LogP contribution in [-0.4, -0.2) is 33.9 Å². The molecular formula is C16H14F2N4O2S. The summed E-state index contributed by atoms with van der Waals surface area (Å²) in [6, 6.07) is 6.42. The van der Waals surface area contributed by atoms with Crippen LogP contribution in [0.15, 0.2) is 24.3 Å². The van der Waals surface area contributed by atoms with Gasteiger partial charge in [0.2, 0.25) is 0 Å². The number of halogens is 2. The lowest BCUT2D eigenvalue weighted by molar-refractivity contribution is -0.0489. The van der Waals surface area contributed by atoms with Crippen LogP contribution in [0.5, 0.6) is 5.75 Å². The zero-order valence-electron chi connectivity index (χ0n) is 13.0. The summed E-state index contributed by atoms with van der Waals surface area (Å²) in [5.41, 5.74) is 7.38. The highest BCUT2D eigenvalue weighted by atomic mass is 32.1. The van der Waals surface area contributed by atoms with Gasteiger partial charge in [0.05, 0.1) is 17.8 Å². The molecule has 0 saturated heterocycles. The fourth-order valence-corrected chi connectivity index (χ4v) is 3.89. The minimum absolute atomic E-state index is 0.0164. The number of carbonyl (C=O) groups is 1. The van der Waals surface area contributed by atoms with Crippen molar-refractivity contribution < 1.29 is 18.3 Å². The third-order valence-electron chi connectivity index (χ3n) is 4.10. The molecule has 0 radical (unpaired) electrons. The maximum absolute atomic E-state index is 12.8. The molecular weight excluding hydrogens is 350 g/mol. The molecule has 6 nitrogen and oxygen atoms in total. The lowest BCUT2D eigenvalue weighted by Crippen LogP contribution is -2.35. The Morgan fingerprint density at radius 3 is 3.08 bits per heavy atom. The van der Waals surface area contributed by atoms with E-state index in [2.05, 4.69) is 14.7 Å². The Bertz CT molecular complexity index is 953. The number of fused-ring (bicyclic) bond motifs is 2. The summed E-state index contributed by atoms with van der Waals surface area (Å²) in [4.78, 5) is 22.6. The van der Waals surface area contributed by atoms with E-state index in [4.69, 9.17) is 5.73 Å². The van der Waals surface area contributed by atoms with Crippen LogP contribution in [0.2, 0.25) is 0 Å². The van der Waals surface area contributed by atoms with Gasteiger partial charge in [0.15, 0.2) is 5.13 Å². The van der Waals surface area contributed by atoms with Crippen molar-refractivity contribution in [1.82, 2.24) is 14.9 Å². The van der Waals surface area contributed by atoms with Crippen LogP contribution >= 0.6 is 11.3 Å². The van der Waals surface area contributed by atoms with E-state index in [-0.39, 0.29) is 11.7 Å². The number of rotatable bonds is 3. The van der Waals surface area contributed by atoms with Crippen molar-refractivity contribution in [2.75, 3.05) is 12.3 Å². The number of aromatic nitrogens is 2. The molecule has 0 atom stereocenters. The number of aromatic amines is 1. The molecule has 0 fully saturated rings. The number of para-hydroxylation sites is 1. The van der Waals surface area contributed by atoms with Crippen molar-refractivity contribution in [3.63, 3.8) is 0 Å². The average Bonchev–Trinajstić information content (AvgIpc) is 3.15. The van der Waals surface area contributed by atoms with Gasteiger partial charge in [0.1, 0.15) is 11.4 Å². The monoisotopic (exact) mass is 364 g/mol. The molecule has 0 bridgehead atoms. The van der Waals surface area contributed by atoms with Gasteiger partial charge in [-0.15, -0.1) is 11.3 Å². The van der Waals surface area contributed by atoms with Crippen LogP contribution in [0.3, 0.4) is 0 Å². The molecule has 3 N–H and O–H groups in total. The second kappa shape index (κ2) is 5.99. The predicted octanol–water partition coefficient (Wildman–Crippen LogP) is 3.01. The quantitative estimate of drug-likeness (QED) is 0.748. The van der Waals surface area contributed by atoms with E-state index in [1.165, 1.54) is 17.4 Å². The zero-order chi connectivity index (χ0) is 17.6. The van der Waals surface area contributed by atoms with Crippen LogP contribution in [0.4, 0.5) is 13.9 Å². The van der Waals surface area contributed by atoms with Gasteiger partial charge < -0.3 is 20.4 Å². The largest absolute Gasteiger partial charge is 0.433 e. The first-order chi connectivity index (χ1) is 12.0. The lowest BCUT2D eigenvalue weighted by atomic mass is 10.1. The van der Waals surface area contributed by atoms with E-state index in [1.807, 2.05) is 0 Å². The highest BCUT2D eigenvalue weighted by molar-refractivity contribution is 7.15. The predicted molar refractivity (Wildman–Crippen MR) is 89.9 cm³/mol. The maximum atomic E-state index is 12.8. The minimum Gasteiger partial charge on any atom is -0.433 e. The molecule has 9 heteroatoms. The fraction of sp³-hybridized carbons (Fsp3) is 0.250. The van der Waals surface area contributed by atoms with E-state index in [0.29, 0.717) is 41.2 Å². The van der Waals surface area contributed by atoms with Crippen LogP contribution in [0.25, 0.3) is 10.9 Å². The van der Waals surface area contributed by atoms with Gasteiger partial charge in [-0.1, -0.05) is 12.1 Å². The van der Waals surface area contributed by atoms with Gasteiger partial charge in [0.25, 0.3) is 5.91 Å². The number of hydrogen-bond donors (Lipinski definition) is 2. The summed E-state index contributed by atoms with van der Waals surface area (Å²) in [5.74, 6) is -0.181. The number of alkyl halides is 2. The number of ether oxygens (including phenoxy) is 1. The third kappa shape index (κ3) is 2.91. The number of nitrogens with two attached hydrogens (primary N) is 1. The van der Waals surface area contributed by atoms with Crippen molar-refractivity contribution in [2.45, 2.75) is 19.6 Å². The summed E-state index contributed by atoms with van der Waals surface area (Å²) >= 11 is 1.38. The molecule has 1 aromatic carbocycles. The number of amides is 1. The van der Waals surface area contributed by atoms with E-state index in [9.17, 15) is 13.6 Å². The van der Waals surface area contributed by atoms with Crippen molar-refractivity contribution in [3.05, 3.63) is 40.5 Å². The second-order valence-corrected chi connectivity index (χ2v) is 6.80. The zero-order valence-corrected chi connectivity index (χ0v) is 13.8. The number of anilines is 1. The Balaban J connectivity index is 1.62. The number of nitrogens with one attached hydrogen (secondary N) is 1. The molecule has 1 aliphatic rings. The molecule has 25 heavy (non-hydrogen) atoms. The molecule has 3 aromatic rings. The Morgan fingerprint density at radius 2 is 2.28 bits per heavy atom. The number of hydrogen-bond acceptors (Lipinski definition) is 5. The van der Waals surface area contributed by atoms with Crippen molar-refractivity contribution in [2.24, 2.45) is 0 Å². The lowest BCUT2D eigenvalue weighted by Gasteiger charge is -2.25. The minimum atomic E-state index is -2.93. The van der Waals surface area contributed by atoms with E-state index in [1.54, 1.807) is 23.1 Å². The summed E-state index contributed by atoms with van der Waals surface area (Å²) in [6.45, 7) is -1.95. The van der Waals surface area contributed by atoms with E-state index >= 15 is 0 Å². The SMILES string of the molecule is Nc1nc2c(s1)CN(C(=O)c1cc3cccc(OC(F)F)c3[nH]1)CC2. The van der Waals surface area contributed by atoms with Gasteiger partial charge in [-0.2, -0.15) is 8.78 Å². The van der Waals surface area contributed by atoms with Crippen LogP contribution in [-0.2, 0) is 13.0 Å². The number of carbonyl (C=O) groups excluding carboxylic acids is 1. The van der Waals surface area contributed by atoms with Crippen molar-refractivity contribution in [1.29, 1.82) is 0 Å². The molecule has 130 valence electrons. The van der Waals surface area contributed by atoms with Crippen LogP contribution in [0.1, 0.15) is 21.1 Å². The number of nitrogen functional groups attached to an aromatic ring is 1. The standard InChI is InChI=1S/C16H14F2N4O2S/c17-15(18)24-11-3-1-2-8-6-10(20-13(8)11)14(23)22-5-4-9-12(7-22)25-16(19)21-9/h1-3,6,15,20H,4-5,7H2,(H2,19,21). The summed E-state index contributed by atoms with van der Waals surface area (Å²) < 4.78 is 29.5. The summed E-state index contributed by atoms with van der Waals surface area (Å²) in [6.07, 6.45) is 0.648. The molecule has 0 aliphatic carbocycles. The fourth-order valence-electron chi connectivity index (χ4n) is 3.00. The van der Waals surface area contributed by atoms with E-state index in [0.717, 1.165) is 10.6 Å². The number of nitrogens with zero attached hydrogens (tertiary/aromatic N) is 2. The van der Waals surface area contributed by atoms with E-state index < -0.39 is 6.61 Å². The Kier molecular flexibility index (Phi) is 3.79. The first-order valence-corrected chi connectivity index (χ1v) is 8.43. The first kappa shape index (κ1) is 15.8. The molecule has 0 spiro atoms. The Morgan fingerprint density at radius 1 is 1.44 bits per heavy atom. The molecule has 4 rings (SSSR count). The third-order valence-corrected chi connectivity index (χ3v) is 5.01. The maximum Gasteiger partial charge on any atom is 0.387 e. The average molecular weight is 364 g/mol. The highest BCUT2D eigenvalue weighted by Crippen LogP contribution is 2.30. The van der Waals surface area contributed by atoms with Crippen molar-refractivity contribution in [3.8, 4) is 5.75 Å². The smallest absolute Gasteiger partial charge is 0.387 e. The normalized spacial score (nSPS) is 14.1. The van der Waals surface area contributed by atoms with Gasteiger partial charge >= 0.3 is 6.61 Å². The number of benzene rings is 1. The highest BCUT2D eigenvalue weighted by Gasteiger charge is 2.26. The van der Waals surface area contributed by atoms with Crippen LogP contribution < -0.4 is 10.5 Å². The Labute approximate surface area is 145 Å². The Hall–Kier alpha value is -2.68. The number of H-pyrrole nitrogens is 1. The van der Waals surface area contributed by atoms with Crippen LogP contribution in [0, 0.1) is 0 Å². The van der Waals surface area contributed by atoms with Crippen molar-refractivity contribution >= 4 is 33.3 Å². The summed E-state index contributed by atoms with van der Waals surface area (Å²) in [7, 11) is 0. The second-order valence-electron chi connectivity index (χ2n) is 5.68. The number of thiazole rings is 1. The molecule has 1 aliphatic heterocycles. The molecule has 1 amide bonds. The van der Waals surface area contributed by atoms with Gasteiger partial charge in [-0.05, 0) is 12.1 Å². The summed E-state index contributed by atoms with van der Waals surface area (Å²) in [5, 5.41) is 1.14. The molecule has 2 aromatic heterocycles. The van der Waals surface area contributed by atoms with Gasteiger partial charge in [-0.3, -0.25) is 4.79 Å². The topological polar surface area (TPSA) is 84.2 Å². The first-order valence-electron chi connectivity index (χ1n) is 7.61. The van der Waals surface area contributed by atoms with Gasteiger partial charge in [0, 0.05) is 23.2 Å². The molecule has 0 unspecified atom stereocenters. The van der Waals surface area contributed by atoms with Gasteiger partial charge in [-0.25, -0.2) is 4.98 Å². The molecule has 3 heterocycles. The molecule has 0 saturated carbocycles.